The molecule has 1 aliphatic rings. The summed E-state index contributed by atoms with van der Waals surface area (Å²) in [6.45, 7) is 5.31. The first kappa shape index (κ1) is 14.8. The van der Waals surface area contributed by atoms with Gasteiger partial charge in [0.1, 0.15) is 0 Å². The lowest BCUT2D eigenvalue weighted by atomic mass is 10.1. The Balaban J connectivity index is 1.69. The van der Waals surface area contributed by atoms with Crippen LogP contribution in [0.15, 0.2) is 73.1 Å². The fraction of sp³-hybridized carbons (Fsp3) is 0.190. The molecule has 0 spiro atoms. The van der Waals surface area contributed by atoms with Gasteiger partial charge in [-0.3, -0.25) is 0 Å². The first-order valence-electron chi connectivity index (χ1n) is 8.38. The molecule has 2 heterocycles. The van der Waals surface area contributed by atoms with Gasteiger partial charge in [0.05, 0.1) is 17.9 Å². The molecule has 0 amide bonds. The topological polar surface area (TPSA) is 19.4 Å². The van der Waals surface area contributed by atoms with Gasteiger partial charge in [0.25, 0.3) is 0 Å². The van der Waals surface area contributed by atoms with Gasteiger partial charge in [-0.05, 0) is 32.0 Å². The summed E-state index contributed by atoms with van der Waals surface area (Å²) < 4.78 is 0. The van der Waals surface area contributed by atoms with Crippen LogP contribution in [0.3, 0.4) is 0 Å². The smallest absolute Gasteiger partial charge is 0.0944 e. The molecule has 3 nitrogen and oxygen atoms in total. The van der Waals surface area contributed by atoms with Crippen LogP contribution in [0.5, 0.6) is 0 Å². The Morgan fingerprint density at radius 1 is 0.917 bits per heavy atom. The minimum absolute atomic E-state index is 0.509. The van der Waals surface area contributed by atoms with E-state index in [1.165, 1.54) is 11.1 Å². The van der Waals surface area contributed by atoms with Gasteiger partial charge in [-0.15, -0.1) is 0 Å². The zero-order chi connectivity index (χ0) is 16.5. The Kier molecular flexibility index (Phi) is 3.69. The van der Waals surface area contributed by atoms with Crippen molar-refractivity contribution in [2.75, 3.05) is 11.6 Å². The van der Waals surface area contributed by atoms with Gasteiger partial charge < -0.3 is 9.80 Å². The molecule has 0 saturated heterocycles. The van der Waals surface area contributed by atoms with Crippen LogP contribution in [-0.2, 0) is 0 Å². The number of pyridine rings is 1. The standard InChI is InChI=1S/C21H21N3/c1-16(2)23-12-13-24(15-23)19-10-8-18-9-11-20(22-21(18)14-19)17-6-4-3-5-7-17/h3-14,16H,15H2,1-2H3. The van der Waals surface area contributed by atoms with Crippen molar-refractivity contribution in [3.05, 3.63) is 73.1 Å². The summed E-state index contributed by atoms with van der Waals surface area (Å²) in [5.41, 5.74) is 4.38. The van der Waals surface area contributed by atoms with E-state index in [0.29, 0.717) is 6.04 Å². The molecule has 4 rings (SSSR count). The van der Waals surface area contributed by atoms with E-state index in [2.05, 4.69) is 78.5 Å². The predicted octanol–water partition coefficient (Wildman–Crippen LogP) is 4.86. The molecule has 3 aromatic rings. The molecule has 120 valence electrons. The van der Waals surface area contributed by atoms with Crippen LogP contribution in [0.2, 0.25) is 0 Å². The van der Waals surface area contributed by atoms with Gasteiger partial charge in [-0.2, -0.15) is 0 Å². The highest BCUT2D eigenvalue weighted by atomic mass is 15.3. The minimum atomic E-state index is 0.509. The third-order valence-corrected chi connectivity index (χ3v) is 4.49. The number of anilines is 1. The van der Waals surface area contributed by atoms with Crippen molar-refractivity contribution in [3.63, 3.8) is 0 Å². The summed E-state index contributed by atoms with van der Waals surface area (Å²) in [5, 5.41) is 1.17. The Morgan fingerprint density at radius 2 is 1.71 bits per heavy atom. The zero-order valence-corrected chi connectivity index (χ0v) is 14.1. The second-order valence-electron chi connectivity index (χ2n) is 6.46. The molecular formula is C21H21N3. The summed E-state index contributed by atoms with van der Waals surface area (Å²) in [7, 11) is 0. The number of benzene rings is 2. The van der Waals surface area contributed by atoms with Crippen molar-refractivity contribution in [1.29, 1.82) is 0 Å². The molecule has 0 radical (unpaired) electrons. The molecule has 2 aromatic carbocycles. The average Bonchev–Trinajstić information content (AvgIpc) is 3.12. The van der Waals surface area contributed by atoms with Crippen LogP contribution in [0.25, 0.3) is 22.2 Å². The van der Waals surface area contributed by atoms with Crippen LogP contribution in [-0.4, -0.2) is 22.6 Å². The molecule has 0 saturated carbocycles. The molecule has 24 heavy (non-hydrogen) atoms. The third kappa shape index (κ3) is 2.73. The lowest BCUT2D eigenvalue weighted by Crippen LogP contribution is -2.30. The quantitative estimate of drug-likeness (QED) is 0.688. The molecule has 0 atom stereocenters. The number of aromatic nitrogens is 1. The number of fused-ring (bicyclic) bond motifs is 1. The molecule has 0 aliphatic carbocycles. The molecular weight excluding hydrogens is 294 g/mol. The summed E-state index contributed by atoms with van der Waals surface area (Å²) in [6.07, 6.45) is 4.30. The van der Waals surface area contributed by atoms with E-state index >= 15 is 0 Å². The van der Waals surface area contributed by atoms with E-state index in [1.807, 2.05) is 18.2 Å². The number of nitrogens with zero attached hydrogens (tertiary/aromatic N) is 3. The van der Waals surface area contributed by atoms with Gasteiger partial charge in [0, 0.05) is 35.1 Å². The number of hydrogen-bond acceptors (Lipinski definition) is 3. The Morgan fingerprint density at radius 3 is 2.46 bits per heavy atom. The molecule has 1 aromatic heterocycles. The lowest BCUT2D eigenvalue weighted by molar-refractivity contribution is 0.336. The summed E-state index contributed by atoms with van der Waals surface area (Å²) >= 11 is 0. The molecule has 1 aliphatic heterocycles. The van der Waals surface area contributed by atoms with Crippen LogP contribution in [0.4, 0.5) is 5.69 Å². The van der Waals surface area contributed by atoms with Crippen molar-refractivity contribution in [3.8, 4) is 11.3 Å². The summed E-state index contributed by atoms with van der Waals surface area (Å²) in [6, 6.07) is 21.6. The van der Waals surface area contributed by atoms with E-state index in [0.717, 1.165) is 23.4 Å². The van der Waals surface area contributed by atoms with Crippen molar-refractivity contribution >= 4 is 16.6 Å². The maximum Gasteiger partial charge on any atom is 0.0944 e. The second-order valence-corrected chi connectivity index (χ2v) is 6.46. The van der Waals surface area contributed by atoms with Crippen LogP contribution >= 0.6 is 0 Å². The fourth-order valence-electron chi connectivity index (χ4n) is 2.99. The minimum Gasteiger partial charge on any atom is -0.356 e. The predicted molar refractivity (Wildman–Crippen MR) is 101 cm³/mol. The van der Waals surface area contributed by atoms with Crippen LogP contribution in [0.1, 0.15) is 13.8 Å². The Labute approximate surface area is 142 Å². The normalized spacial score (nSPS) is 14.1. The van der Waals surface area contributed by atoms with Crippen molar-refractivity contribution in [2.24, 2.45) is 0 Å². The highest BCUT2D eigenvalue weighted by molar-refractivity contribution is 5.85. The van der Waals surface area contributed by atoms with Crippen molar-refractivity contribution < 1.29 is 0 Å². The molecule has 0 fully saturated rings. The number of hydrogen-bond donors (Lipinski definition) is 0. The molecule has 0 bridgehead atoms. The SMILES string of the molecule is CC(C)N1C=CN(c2ccc3ccc(-c4ccccc4)nc3c2)C1. The van der Waals surface area contributed by atoms with Crippen LogP contribution in [0, 0.1) is 0 Å². The fourth-order valence-corrected chi connectivity index (χ4v) is 2.99. The van der Waals surface area contributed by atoms with Gasteiger partial charge in [-0.1, -0.05) is 42.5 Å². The Hall–Kier alpha value is -2.81. The van der Waals surface area contributed by atoms with Crippen LogP contribution < -0.4 is 4.90 Å². The molecule has 0 N–H and O–H groups in total. The number of rotatable bonds is 3. The largest absolute Gasteiger partial charge is 0.356 e. The monoisotopic (exact) mass is 315 g/mol. The average molecular weight is 315 g/mol. The highest BCUT2D eigenvalue weighted by Gasteiger charge is 2.16. The van der Waals surface area contributed by atoms with Gasteiger partial charge >= 0.3 is 0 Å². The van der Waals surface area contributed by atoms with E-state index in [-0.39, 0.29) is 0 Å². The third-order valence-electron chi connectivity index (χ3n) is 4.49. The molecule has 0 unspecified atom stereocenters. The maximum absolute atomic E-state index is 4.87. The Bertz CT molecular complexity index is 884. The van der Waals surface area contributed by atoms with E-state index in [1.54, 1.807) is 0 Å². The molecule has 3 heteroatoms. The van der Waals surface area contributed by atoms with Crippen molar-refractivity contribution in [2.45, 2.75) is 19.9 Å². The van der Waals surface area contributed by atoms with E-state index < -0.39 is 0 Å². The maximum atomic E-state index is 4.87. The van der Waals surface area contributed by atoms with Gasteiger partial charge in [0.2, 0.25) is 0 Å². The van der Waals surface area contributed by atoms with E-state index in [9.17, 15) is 0 Å². The highest BCUT2D eigenvalue weighted by Crippen LogP contribution is 2.26. The van der Waals surface area contributed by atoms with E-state index in [4.69, 9.17) is 4.98 Å². The lowest BCUT2D eigenvalue weighted by Gasteiger charge is -2.24. The van der Waals surface area contributed by atoms with Gasteiger partial charge in [0.15, 0.2) is 0 Å². The summed E-state index contributed by atoms with van der Waals surface area (Å²) in [5.74, 6) is 0. The first-order valence-corrected chi connectivity index (χ1v) is 8.38. The second kappa shape index (κ2) is 6.00. The van der Waals surface area contributed by atoms with Crippen molar-refractivity contribution in [1.82, 2.24) is 9.88 Å². The summed E-state index contributed by atoms with van der Waals surface area (Å²) in [4.78, 5) is 9.44. The zero-order valence-electron chi connectivity index (χ0n) is 14.1. The van der Waals surface area contributed by atoms with Gasteiger partial charge in [-0.25, -0.2) is 4.98 Å². The first-order chi connectivity index (χ1) is 11.7.